The number of nitrogens with zero attached hydrogens (tertiary/aromatic N) is 1. The third-order valence-electron chi connectivity index (χ3n) is 4.47. The molecule has 0 bridgehead atoms. The van der Waals surface area contributed by atoms with Crippen LogP contribution in [0.15, 0.2) is 35.7 Å². The van der Waals surface area contributed by atoms with Crippen LogP contribution < -0.4 is 5.32 Å². The molecule has 100 valence electrons. The maximum absolute atomic E-state index is 4.88. The Morgan fingerprint density at radius 3 is 2.74 bits per heavy atom. The zero-order chi connectivity index (χ0) is 13.3. The minimum Gasteiger partial charge on any atom is -0.309 e. The lowest BCUT2D eigenvalue weighted by molar-refractivity contribution is 0.100. The molecule has 0 spiro atoms. The smallest absolute Gasteiger partial charge is 0.0973 e. The fourth-order valence-electron chi connectivity index (χ4n) is 2.97. The average Bonchev–Trinajstić information content (AvgIpc) is 2.88. The molecule has 1 aromatic heterocycles. The molecule has 1 N–H and O–H groups in total. The summed E-state index contributed by atoms with van der Waals surface area (Å²) < 4.78 is 0. The van der Waals surface area contributed by atoms with Crippen LogP contribution in [0.5, 0.6) is 0 Å². The van der Waals surface area contributed by atoms with E-state index in [1.807, 2.05) is 0 Å². The lowest BCUT2D eigenvalue weighted by Crippen LogP contribution is -2.53. The summed E-state index contributed by atoms with van der Waals surface area (Å²) in [5, 5.41) is 6.96. The first-order valence-electron chi connectivity index (χ1n) is 6.92. The first-order valence-corrected chi connectivity index (χ1v) is 7.80. The van der Waals surface area contributed by atoms with Crippen LogP contribution in [0.1, 0.15) is 36.0 Å². The molecule has 1 fully saturated rings. The van der Waals surface area contributed by atoms with Gasteiger partial charge in [-0.05, 0) is 31.4 Å². The van der Waals surface area contributed by atoms with E-state index in [1.165, 1.54) is 29.1 Å². The van der Waals surface area contributed by atoms with Gasteiger partial charge in [-0.25, -0.2) is 4.98 Å². The minimum atomic E-state index is 0.130. The number of benzene rings is 1. The van der Waals surface area contributed by atoms with Crippen LogP contribution >= 0.6 is 11.3 Å². The molecule has 3 heteroatoms. The van der Waals surface area contributed by atoms with Crippen LogP contribution in [0.25, 0.3) is 0 Å². The van der Waals surface area contributed by atoms with Crippen molar-refractivity contribution in [2.45, 2.75) is 31.7 Å². The number of hydrogen-bond donors (Lipinski definition) is 1. The van der Waals surface area contributed by atoms with E-state index in [9.17, 15) is 0 Å². The first kappa shape index (κ1) is 12.8. The van der Waals surface area contributed by atoms with Crippen LogP contribution in [-0.2, 0) is 12.0 Å². The lowest BCUT2D eigenvalue weighted by atomic mass is 9.66. The van der Waals surface area contributed by atoms with Crippen molar-refractivity contribution in [3.8, 4) is 0 Å². The average molecular weight is 272 g/mol. The Bertz CT molecular complexity index is 545. The lowest BCUT2D eigenvalue weighted by Gasteiger charge is -2.47. The summed E-state index contributed by atoms with van der Waals surface area (Å²) in [5.74, 6) is 0.684. The van der Waals surface area contributed by atoms with Crippen molar-refractivity contribution in [3.63, 3.8) is 0 Å². The second-order valence-electron chi connectivity index (χ2n) is 5.45. The Kier molecular flexibility index (Phi) is 3.42. The summed E-state index contributed by atoms with van der Waals surface area (Å²) in [6.45, 7) is 2.32. The van der Waals surface area contributed by atoms with Gasteiger partial charge >= 0.3 is 0 Å². The summed E-state index contributed by atoms with van der Waals surface area (Å²) in [5.41, 5.74) is 2.71. The van der Waals surface area contributed by atoms with Gasteiger partial charge in [-0.2, -0.15) is 0 Å². The summed E-state index contributed by atoms with van der Waals surface area (Å²) in [6.07, 6.45) is 3.45. The van der Waals surface area contributed by atoms with Crippen LogP contribution in [0.3, 0.4) is 0 Å². The van der Waals surface area contributed by atoms with E-state index in [-0.39, 0.29) is 5.54 Å². The second kappa shape index (κ2) is 5.06. The predicted molar refractivity (Wildman–Crippen MR) is 80.5 cm³/mol. The van der Waals surface area contributed by atoms with Gasteiger partial charge in [0.05, 0.1) is 16.2 Å². The van der Waals surface area contributed by atoms with Crippen molar-refractivity contribution in [1.29, 1.82) is 0 Å². The Hall–Kier alpha value is -1.19. The minimum absolute atomic E-state index is 0.130. The Labute approximate surface area is 118 Å². The van der Waals surface area contributed by atoms with E-state index in [1.54, 1.807) is 11.3 Å². The largest absolute Gasteiger partial charge is 0.309 e. The van der Waals surface area contributed by atoms with Crippen LogP contribution in [0.4, 0.5) is 0 Å². The SMILES string of the molecule is CNC1(c2csc(Cc3ccccc3)n2)CC[C@H]1C. The number of hydrogen-bond acceptors (Lipinski definition) is 3. The number of aromatic nitrogens is 1. The maximum Gasteiger partial charge on any atom is 0.0973 e. The van der Waals surface area contributed by atoms with Crippen molar-refractivity contribution in [3.05, 3.63) is 52.0 Å². The fraction of sp³-hybridized carbons (Fsp3) is 0.438. The van der Waals surface area contributed by atoms with Crippen LogP contribution in [0.2, 0.25) is 0 Å². The molecule has 0 amide bonds. The van der Waals surface area contributed by atoms with Gasteiger partial charge < -0.3 is 5.32 Å². The van der Waals surface area contributed by atoms with Crippen molar-refractivity contribution >= 4 is 11.3 Å². The zero-order valence-electron chi connectivity index (χ0n) is 11.5. The topological polar surface area (TPSA) is 24.9 Å². The first-order chi connectivity index (χ1) is 9.24. The molecule has 1 saturated carbocycles. The second-order valence-corrected chi connectivity index (χ2v) is 6.39. The van der Waals surface area contributed by atoms with Gasteiger partial charge in [0.15, 0.2) is 0 Å². The molecule has 0 aliphatic heterocycles. The molecule has 1 heterocycles. The maximum atomic E-state index is 4.88. The molecule has 0 radical (unpaired) electrons. The Balaban J connectivity index is 1.80. The van der Waals surface area contributed by atoms with Gasteiger partial charge in [0.25, 0.3) is 0 Å². The summed E-state index contributed by atoms with van der Waals surface area (Å²) in [7, 11) is 2.06. The van der Waals surface area contributed by atoms with E-state index >= 15 is 0 Å². The molecular formula is C16H20N2S. The molecule has 1 aliphatic rings. The summed E-state index contributed by atoms with van der Waals surface area (Å²) >= 11 is 1.79. The van der Waals surface area contributed by atoms with Gasteiger partial charge in [-0.15, -0.1) is 11.3 Å². The highest BCUT2D eigenvalue weighted by Gasteiger charge is 2.45. The quantitative estimate of drug-likeness (QED) is 0.920. The molecule has 0 saturated heterocycles. The Morgan fingerprint density at radius 1 is 1.37 bits per heavy atom. The van der Waals surface area contributed by atoms with Crippen LogP contribution in [-0.4, -0.2) is 12.0 Å². The van der Waals surface area contributed by atoms with E-state index < -0.39 is 0 Å². The fourth-order valence-corrected chi connectivity index (χ4v) is 3.88. The van der Waals surface area contributed by atoms with Gasteiger partial charge in [0, 0.05) is 11.8 Å². The number of nitrogens with one attached hydrogen (secondary N) is 1. The van der Waals surface area contributed by atoms with Gasteiger partial charge in [-0.3, -0.25) is 0 Å². The monoisotopic (exact) mass is 272 g/mol. The van der Waals surface area contributed by atoms with Crippen LogP contribution in [0, 0.1) is 5.92 Å². The third-order valence-corrected chi connectivity index (χ3v) is 5.31. The molecule has 1 aromatic carbocycles. The standard InChI is InChI=1S/C16H20N2S/c1-12-8-9-16(12,17-2)14-11-19-15(18-14)10-13-6-4-3-5-7-13/h3-7,11-12,17H,8-10H2,1-2H3/t12-,16?/m1/s1. The zero-order valence-corrected chi connectivity index (χ0v) is 12.3. The van der Waals surface area contributed by atoms with Crippen molar-refractivity contribution in [2.75, 3.05) is 7.05 Å². The highest BCUT2D eigenvalue weighted by Crippen LogP contribution is 2.46. The summed E-state index contributed by atoms with van der Waals surface area (Å²) in [4.78, 5) is 4.88. The third kappa shape index (κ3) is 2.21. The van der Waals surface area contributed by atoms with Gasteiger partial charge in [0.1, 0.15) is 0 Å². The normalized spacial score (nSPS) is 26.1. The molecule has 2 aromatic rings. The number of thiazole rings is 1. The molecule has 3 rings (SSSR count). The molecule has 19 heavy (non-hydrogen) atoms. The van der Waals surface area contributed by atoms with Crippen molar-refractivity contribution in [1.82, 2.24) is 10.3 Å². The van der Waals surface area contributed by atoms with E-state index in [0.717, 1.165) is 6.42 Å². The number of rotatable bonds is 4. The molecule has 1 unspecified atom stereocenters. The molecule has 1 aliphatic carbocycles. The molecular weight excluding hydrogens is 252 g/mol. The predicted octanol–water partition coefficient (Wildman–Crippen LogP) is 3.58. The summed E-state index contributed by atoms with van der Waals surface area (Å²) in [6, 6.07) is 10.6. The highest BCUT2D eigenvalue weighted by atomic mass is 32.1. The van der Waals surface area contributed by atoms with E-state index in [4.69, 9.17) is 4.98 Å². The Morgan fingerprint density at radius 2 is 2.16 bits per heavy atom. The highest BCUT2D eigenvalue weighted by molar-refractivity contribution is 7.09. The van der Waals surface area contributed by atoms with Gasteiger partial charge in [-0.1, -0.05) is 37.3 Å². The van der Waals surface area contributed by atoms with E-state index in [0.29, 0.717) is 5.92 Å². The van der Waals surface area contributed by atoms with Crippen molar-refractivity contribution in [2.24, 2.45) is 5.92 Å². The van der Waals surface area contributed by atoms with Crippen molar-refractivity contribution < 1.29 is 0 Å². The molecule has 2 atom stereocenters. The van der Waals surface area contributed by atoms with Gasteiger partial charge in [0.2, 0.25) is 0 Å². The van der Waals surface area contributed by atoms with E-state index in [2.05, 4.69) is 55.0 Å². The molecule has 2 nitrogen and oxygen atoms in total.